The van der Waals surface area contributed by atoms with E-state index in [1.165, 1.54) is 55.8 Å². The van der Waals surface area contributed by atoms with Gasteiger partial charge in [-0.2, -0.15) is 0 Å². The largest absolute Gasteiger partial charge is 0.143 e. The van der Waals surface area contributed by atoms with Crippen LogP contribution in [0.1, 0.15) is 44.2 Å². The lowest BCUT2D eigenvalue weighted by atomic mass is 9.49. The smallest absolute Gasteiger partial charge is 0.0817 e. The van der Waals surface area contributed by atoms with Gasteiger partial charge in [-0.15, -0.1) is 5.10 Å². The highest BCUT2D eigenvalue weighted by atomic mass is 32.1. The molecule has 2 nitrogen and oxygen atoms in total. The van der Waals surface area contributed by atoms with Crippen molar-refractivity contribution in [3.8, 4) is 0 Å². The van der Waals surface area contributed by atoms with Crippen LogP contribution in [0.3, 0.4) is 0 Å². The Morgan fingerprint density at radius 2 is 1.67 bits per heavy atom. The van der Waals surface area contributed by atoms with Crippen LogP contribution >= 0.6 is 11.5 Å². The molecule has 0 spiro atoms. The molecule has 0 atom stereocenters. The molecule has 15 heavy (non-hydrogen) atoms. The summed E-state index contributed by atoms with van der Waals surface area (Å²) in [6.45, 7) is 0. The molecule has 0 aliphatic heterocycles. The summed E-state index contributed by atoms with van der Waals surface area (Å²) >= 11 is 1.53. The average Bonchev–Trinajstić information content (AvgIpc) is 2.67. The summed E-state index contributed by atoms with van der Waals surface area (Å²) in [6, 6.07) is 0. The van der Waals surface area contributed by atoms with Crippen LogP contribution in [0.25, 0.3) is 0 Å². The molecule has 0 N–H and O–H groups in total. The molecule has 80 valence electrons. The van der Waals surface area contributed by atoms with Crippen LogP contribution in [0, 0.1) is 17.8 Å². The van der Waals surface area contributed by atoms with Gasteiger partial charge in [0, 0.05) is 10.8 Å². The average molecular weight is 220 g/mol. The standard InChI is InChI=1S/C12H16N2S/c1-8-2-10-3-9(1)5-12(4-8,6-10)11-7-15-14-13-11/h7-10H,1-6H2. The predicted octanol–water partition coefficient (Wildman–Crippen LogP) is 3.01. The van der Waals surface area contributed by atoms with Gasteiger partial charge in [-0.3, -0.25) is 0 Å². The molecule has 0 saturated heterocycles. The molecule has 4 bridgehead atoms. The minimum atomic E-state index is 0.460. The molecule has 3 heteroatoms. The van der Waals surface area contributed by atoms with Gasteiger partial charge in [0.05, 0.1) is 5.69 Å². The molecular formula is C12H16N2S. The number of nitrogens with zero attached hydrogens (tertiary/aromatic N) is 2. The van der Waals surface area contributed by atoms with Crippen LogP contribution in [-0.4, -0.2) is 9.59 Å². The van der Waals surface area contributed by atoms with Crippen LogP contribution in [0.15, 0.2) is 5.38 Å². The molecule has 0 amide bonds. The number of hydrogen-bond acceptors (Lipinski definition) is 3. The Bertz CT molecular complexity index is 336. The van der Waals surface area contributed by atoms with Crippen molar-refractivity contribution in [1.29, 1.82) is 0 Å². The summed E-state index contributed by atoms with van der Waals surface area (Å²) in [5.74, 6) is 3.04. The Labute approximate surface area is 94.3 Å². The van der Waals surface area contributed by atoms with E-state index in [1.807, 2.05) is 0 Å². The second-order valence-electron chi connectivity index (χ2n) is 5.99. The van der Waals surface area contributed by atoms with Crippen molar-refractivity contribution in [1.82, 2.24) is 9.59 Å². The van der Waals surface area contributed by atoms with Crippen LogP contribution < -0.4 is 0 Å². The molecule has 4 aliphatic carbocycles. The molecule has 1 aromatic rings. The van der Waals surface area contributed by atoms with Gasteiger partial charge in [0.25, 0.3) is 0 Å². The van der Waals surface area contributed by atoms with E-state index in [2.05, 4.69) is 15.0 Å². The van der Waals surface area contributed by atoms with E-state index in [4.69, 9.17) is 0 Å². The van der Waals surface area contributed by atoms with E-state index >= 15 is 0 Å². The molecule has 0 unspecified atom stereocenters. The minimum absolute atomic E-state index is 0.460. The zero-order chi connectivity index (χ0) is 9.88. The first-order chi connectivity index (χ1) is 7.34. The first-order valence-electron chi connectivity index (χ1n) is 6.12. The van der Waals surface area contributed by atoms with Gasteiger partial charge in [-0.25, -0.2) is 0 Å². The fraction of sp³-hybridized carbons (Fsp3) is 0.833. The minimum Gasteiger partial charge on any atom is -0.143 e. The third-order valence-electron chi connectivity index (χ3n) is 4.94. The molecule has 0 radical (unpaired) electrons. The Morgan fingerprint density at radius 1 is 1.07 bits per heavy atom. The van der Waals surface area contributed by atoms with Gasteiger partial charge >= 0.3 is 0 Å². The molecule has 4 saturated carbocycles. The quantitative estimate of drug-likeness (QED) is 0.727. The van der Waals surface area contributed by atoms with Gasteiger partial charge in [0.1, 0.15) is 0 Å². The van der Waals surface area contributed by atoms with Crippen molar-refractivity contribution in [2.45, 2.75) is 43.9 Å². The lowest BCUT2D eigenvalue weighted by molar-refractivity contribution is -0.00720. The second-order valence-corrected chi connectivity index (χ2v) is 6.60. The maximum atomic E-state index is 4.37. The summed E-state index contributed by atoms with van der Waals surface area (Å²) in [6.07, 6.45) is 8.75. The van der Waals surface area contributed by atoms with Gasteiger partial charge in [0.15, 0.2) is 0 Å². The van der Waals surface area contributed by atoms with Crippen LogP contribution in [-0.2, 0) is 5.41 Å². The first-order valence-corrected chi connectivity index (χ1v) is 6.95. The highest BCUT2D eigenvalue weighted by molar-refractivity contribution is 7.03. The SMILES string of the molecule is c1snnc1C12CC3CC(CC(C3)C1)C2. The zero-order valence-electron chi connectivity index (χ0n) is 8.85. The van der Waals surface area contributed by atoms with Crippen LogP contribution in [0.2, 0.25) is 0 Å². The summed E-state index contributed by atoms with van der Waals surface area (Å²) in [5, 5.41) is 6.58. The molecule has 5 rings (SSSR count). The Morgan fingerprint density at radius 3 is 2.13 bits per heavy atom. The summed E-state index contributed by atoms with van der Waals surface area (Å²) < 4.78 is 4.07. The normalized spacial score (nSPS) is 47.3. The Balaban J connectivity index is 1.77. The Kier molecular flexibility index (Phi) is 1.63. The number of hydrogen-bond donors (Lipinski definition) is 0. The molecule has 4 aliphatic rings. The third kappa shape index (κ3) is 1.16. The van der Waals surface area contributed by atoms with Crippen molar-refractivity contribution in [2.75, 3.05) is 0 Å². The summed E-state index contributed by atoms with van der Waals surface area (Å²) in [7, 11) is 0. The first kappa shape index (κ1) is 8.68. The molecule has 1 heterocycles. The highest BCUT2D eigenvalue weighted by Gasteiger charge is 2.52. The molecule has 1 aromatic heterocycles. The van der Waals surface area contributed by atoms with Crippen LogP contribution in [0.5, 0.6) is 0 Å². The summed E-state index contributed by atoms with van der Waals surface area (Å²) in [4.78, 5) is 0. The van der Waals surface area contributed by atoms with Gasteiger partial charge in [-0.05, 0) is 67.8 Å². The third-order valence-corrected chi connectivity index (χ3v) is 5.45. The maximum Gasteiger partial charge on any atom is 0.0817 e. The van der Waals surface area contributed by atoms with E-state index in [-0.39, 0.29) is 0 Å². The monoisotopic (exact) mass is 220 g/mol. The van der Waals surface area contributed by atoms with Gasteiger partial charge in [0.2, 0.25) is 0 Å². The van der Waals surface area contributed by atoms with Crippen molar-refractivity contribution < 1.29 is 0 Å². The van der Waals surface area contributed by atoms with Crippen molar-refractivity contribution in [3.63, 3.8) is 0 Å². The maximum absolute atomic E-state index is 4.37. The predicted molar refractivity (Wildman–Crippen MR) is 59.8 cm³/mol. The topological polar surface area (TPSA) is 25.8 Å². The van der Waals surface area contributed by atoms with Crippen molar-refractivity contribution >= 4 is 11.5 Å². The van der Waals surface area contributed by atoms with E-state index in [9.17, 15) is 0 Å². The number of rotatable bonds is 1. The molecule has 4 fully saturated rings. The lowest BCUT2D eigenvalue weighted by Gasteiger charge is -2.56. The summed E-state index contributed by atoms with van der Waals surface area (Å²) in [5.41, 5.74) is 1.79. The van der Waals surface area contributed by atoms with E-state index in [0.29, 0.717) is 5.41 Å². The van der Waals surface area contributed by atoms with E-state index in [0.717, 1.165) is 17.8 Å². The zero-order valence-corrected chi connectivity index (χ0v) is 9.67. The fourth-order valence-corrected chi connectivity index (χ4v) is 5.40. The van der Waals surface area contributed by atoms with E-state index in [1.54, 1.807) is 0 Å². The lowest BCUT2D eigenvalue weighted by Crippen LogP contribution is -2.48. The number of aromatic nitrogens is 2. The van der Waals surface area contributed by atoms with E-state index < -0.39 is 0 Å². The highest BCUT2D eigenvalue weighted by Crippen LogP contribution is 2.60. The van der Waals surface area contributed by atoms with Gasteiger partial charge in [-0.1, -0.05) is 4.49 Å². The Hall–Kier alpha value is -0.440. The van der Waals surface area contributed by atoms with Crippen molar-refractivity contribution in [3.05, 3.63) is 11.1 Å². The van der Waals surface area contributed by atoms with Crippen molar-refractivity contribution in [2.24, 2.45) is 17.8 Å². The van der Waals surface area contributed by atoms with Gasteiger partial charge < -0.3 is 0 Å². The fourth-order valence-electron chi connectivity index (χ4n) is 4.82. The molecule has 0 aromatic carbocycles. The van der Waals surface area contributed by atoms with Crippen LogP contribution in [0.4, 0.5) is 0 Å². The molecular weight excluding hydrogens is 204 g/mol. The second kappa shape index (κ2) is 2.82.